The molecule has 0 aromatic carbocycles. The summed E-state index contributed by atoms with van der Waals surface area (Å²) < 4.78 is 5.45. The number of nitrogens with one attached hydrogen (secondary N) is 1. The van der Waals surface area contributed by atoms with E-state index in [-0.39, 0.29) is 30.7 Å². The van der Waals surface area contributed by atoms with Crippen molar-refractivity contribution in [2.24, 2.45) is 5.73 Å². The summed E-state index contributed by atoms with van der Waals surface area (Å²) in [5.74, 6) is 0.380. The lowest BCUT2D eigenvalue weighted by Crippen LogP contribution is -2.52. The third-order valence-electron chi connectivity index (χ3n) is 2.29. The van der Waals surface area contributed by atoms with Gasteiger partial charge >= 0.3 is 0 Å². The minimum Gasteiger partial charge on any atom is -0.479 e. The van der Waals surface area contributed by atoms with Gasteiger partial charge in [0.15, 0.2) is 6.10 Å². The van der Waals surface area contributed by atoms with Crippen LogP contribution in [0.15, 0.2) is 24.5 Å². The number of nitrogens with two attached hydrogens (primary N) is 1. The summed E-state index contributed by atoms with van der Waals surface area (Å²) in [7, 11) is 0. The summed E-state index contributed by atoms with van der Waals surface area (Å²) in [4.78, 5) is 15.7. The van der Waals surface area contributed by atoms with Crippen LogP contribution in [0.3, 0.4) is 0 Å². The van der Waals surface area contributed by atoms with Gasteiger partial charge < -0.3 is 15.8 Å². The maximum absolute atomic E-state index is 11.8. The first-order valence-electron chi connectivity index (χ1n) is 5.53. The Morgan fingerprint density at radius 1 is 1.53 bits per heavy atom. The Bertz CT molecular complexity index is 374. The highest BCUT2D eigenvalue weighted by Crippen LogP contribution is 2.09. The normalized spacial score (nSPS) is 11.6. The van der Waals surface area contributed by atoms with Gasteiger partial charge in [-0.05, 0) is 32.9 Å². The molecule has 1 unspecified atom stereocenters. The number of carbonyl (C=O) groups is 1. The molecular formula is C12H21Cl2N3O2. The van der Waals surface area contributed by atoms with Crippen LogP contribution in [0.1, 0.15) is 20.8 Å². The van der Waals surface area contributed by atoms with Gasteiger partial charge in [0.25, 0.3) is 5.91 Å². The van der Waals surface area contributed by atoms with Crippen molar-refractivity contribution in [2.75, 3.05) is 6.54 Å². The van der Waals surface area contributed by atoms with E-state index in [4.69, 9.17) is 10.5 Å². The number of nitrogens with zero attached hydrogens (tertiary/aromatic N) is 1. The SMILES string of the molecule is CC(Oc1cccnc1)C(=O)NC(C)(C)CN.Cl.Cl. The molecule has 5 nitrogen and oxygen atoms in total. The van der Waals surface area contributed by atoms with Crippen LogP contribution in [-0.2, 0) is 4.79 Å². The van der Waals surface area contributed by atoms with Gasteiger partial charge in [0.1, 0.15) is 5.75 Å². The summed E-state index contributed by atoms with van der Waals surface area (Å²) in [6.07, 6.45) is 2.64. The molecule has 1 heterocycles. The quantitative estimate of drug-likeness (QED) is 0.865. The summed E-state index contributed by atoms with van der Waals surface area (Å²) in [5, 5.41) is 2.82. The zero-order chi connectivity index (χ0) is 12.9. The minimum atomic E-state index is -0.579. The number of hydrogen-bond acceptors (Lipinski definition) is 4. The van der Waals surface area contributed by atoms with Crippen molar-refractivity contribution in [2.45, 2.75) is 32.4 Å². The Kier molecular flexibility index (Phi) is 9.56. The van der Waals surface area contributed by atoms with Crippen molar-refractivity contribution in [1.29, 1.82) is 0 Å². The summed E-state index contributed by atoms with van der Waals surface area (Å²) in [6.45, 7) is 5.79. The molecule has 1 aromatic rings. The number of hydrogen-bond donors (Lipinski definition) is 2. The molecule has 3 N–H and O–H groups in total. The van der Waals surface area contributed by atoms with Gasteiger partial charge in [-0.25, -0.2) is 0 Å². The van der Waals surface area contributed by atoms with Gasteiger partial charge in [-0.1, -0.05) is 0 Å². The highest BCUT2D eigenvalue weighted by molar-refractivity contribution is 5.85. The van der Waals surface area contributed by atoms with E-state index < -0.39 is 11.6 Å². The number of halogens is 2. The Morgan fingerprint density at radius 3 is 2.63 bits per heavy atom. The summed E-state index contributed by atoms with van der Waals surface area (Å²) in [5.41, 5.74) is 5.11. The van der Waals surface area contributed by atoms with E-state index in [0.717, 1.165) is 0 Å². The molecule has 0 saturated heterocycles. The highest BCUT2D eigenvalue weighted by atomic mass is 35.5. The Hall–Kier alpha value is -1.04. The highest BCUT2D eigenvalue weighted by Gasteiger charge is 2.23. The van der Waals surface area contributed by atoms with Crippen molar-refractivity contribution < 1.29 is 9.53 Å². The zero-order valence-electron chi connectivity index (χ0n) is 11.3. The van der Waals surface area contributed by atoms with E-state index in [9.17, 15) is 4.79 Å². The Labute approximate surface area is 126 Å². The van der Waals surface area contributed by atoms with Crippen molar-refractivity contribution in [3.8, 4) is 5.75 Å². The van der Waals surface area contributed by atoms with Crippen LogP contribution < -0.4 is 15.8 Å². The zero-order valence-corrected chi connectivity index (χ0v) is 12.9. The third kappa shape index (κ3) is 7.20. The maximum atomic E-state index is 11.8. The molecule has 0 aliphatic carbocycles. The molecule has 0 spiro atoms. The molecule has 0 bridgehead atoms. The van der Waals surface area contributed by atoms with Gasteiger partial charge in [-0.3, -0.25) is 9.78 Å². The average molecular weight is 310 g/mol. The molecule has 0 saturated carbocycles. The van der Waals surface area contributed by atoms with Crippen LogP contribution in [0.4, 0.5) is 0 Å². The van der Waals surface area contributed by atoms with E-state index in [0.29, 0.717) is 12.3 Å². The monoisotopic (exact) mass is 309 g/mol. The molecule has 1 amide bonds. The lowest BCUT2D eigenvalue weighted by Gasteiger charge is -2.26. The van der Waals surface area contributed by atoms with Crippen LogP contribution in [0.2, 0.25) is 0 Å². The molecular weight excluding hydrogens is 289 g/mol. The van der Waals surface area contributed by atoms with Crippen LogP contribution in [0, 0.1) is 0 Å². The fourth-order valence-electron chi connectivity index (χ4n) is 1.16. The molecule has 7 heteroatoms. The third-order valence-corrected chi connectivity index (χ3v) is 2.29. The van der Waals surface area contributed by atoms with Gasteiger partial charge in [-0.2, -0.15) is 0 Å². The number of aromatic nitrogens is 1. The topological polar surface area (TPSA) is 77.2 Å². The molecule has 0 aliphatic rings. The minimum absolute atomic E-state index is 0. The van der Waals surface area contributed by atoms with Crippen LogP contribution >= 0.6 is 24.8 Å². The predicted molar refractivity (Wildman–Crippen MR) is 80.1 cm³/mol. The lowest BCUT2D eigenvalue weighted by atomic mass is 10.1. The van der Waals surface area contributed by atoms with E-state index in [2.05, 4.69) is 10.3 Å². The molecule has 0 fully saturated rings. The van der Waals surface area contributed by atoms with E-state index in [1.54, 1.807) is 31.5 Å². The molecule has 1 atom stereocenters. The summed E-state index contributed by atoms with van der Waals surface area (Å²) in [6, 6.07) is 3.51. The van der Waals surface area contributed by atoms with Gasteiger partial charge in [0, 0.05) is 18.3 Å². The molecule has 1 rings (SSSR count). The van der Waals surface area contributed by atoms with Crippen LogP contribution in [-0.4, -0.2) is 29.1 Å². The summed E-state index contributed by atoms with van der Waals surface area (Å²) >= 11 is 0. The van der Waals surface area contributed by atoms with E-state index >= 15 is 0 Å². The number of rotatable bonds is 5. The van der Waals surface area contributed by atoms with Crippen molar-refractivity contribution in [3.63, 3.8) is 0 Å². The average Bonchev–Trinajstić information content (AvgIpc) is 2.30. The van der Waals surface area contributed by atoms with Crippen LogP contribution in [0.25, 0.3) is 0 Å². The van der Waals surface area contributed by atoms with Gasteiger partial charge in [0.05, 0.1) is 6.20 Å². The molecule has 110 valence electrons. The first-order chi connectivity index (χ1) is 7.94. The number of carbonyl (C=O) groups excluding carboxylic acids is 1. The molecule has 0 radical (unpaired) electrons. The lowest BCUT2D eigenvalue weighted by molar-refractivity contribution is -0.128. The smallest absolute Gasteiger partial charge is 0.261 e. The molecule has 19 heavy (non-hydrogen) atoms. The fourth-order valence-corrected chi connectivity index (χ4v) is 1.16. The Morgan fingerprint density at radius 2 is 2.16 bits per heavy atom. The van der Waals surface area contributed by atoms with Crippen molar-refractivity contribution in [3.05, 3.63) is 24.5 Å². The largest absolute Gasteiger partial charge is 0.479 e. The number of pyridine rings is 1. The number of ether oxygens (including phenoxy) is 1. The molecule has 0 aliphatic heterocycles. The van der Waals surface area contributed by atoms with E-state index in [1.165, 1.54) is 0 Å². The number of amides is 1. The first kappa shape index (κ1) is 20.3. The van der Waals surface area contributed by atoms with E-state index in [1.807, 2.05) is 13.8 Å². The maximum Gasteiger partial charge on any atom is 0.261 e. The second-order valence-electron chi connectivity index (χ2n) is 4.53. The fraction of sp³-hybridized carbons (Fsp3) is 0.500. The van der Waals surface area contributed by atoms with Crippen molar-refractivity contribution in [1.82, 2.24) is 10.3 Å². The second kappa shape index (κ2) is 8.96. The Balaban J connectivity index is 0. The standard InChI is InChI=1S/C12H19N3O2.2ClH/c1-9(11(16)15-12(2,3)8-13)17-10-5-4-6-14-7-10;;/h4-7,9H,8,13H2,1-3H3,(H,15,16);2*1H. The van der Waals surface area contributed by atoms with Gasteiger partial charge in [0.2, 0.25) is 0 Å². The van der Waals surface area contributed by atoms with Gasteiger partial charge in [-0.15, -0.1) is 24.8 Å². The first-order valence-corrected chi connectivity index (χ1v) is 5.53. The molecule has 1 aromatic heterocycles. The second-order valence-corrected chi connectivity index (χ2v) is 4.53. The predicted octanol–water partition coefficient (Wildman–Crippen LogP) is 1.55. The van der Waals surface area contributed by atoms with Crippen molar-refractivity contribution >= 4 is 30.7 Å². The van der Waals surface area contributed by atoms with Crippen LogP contribution in [0.5, 0.6) is 5.75 Å².